The van der Waals surface area contributed by atoms with E-state index in [9.17, 15) is 9.59 Å². The highest BCUT2D eigenvalue weighted by molar-refractivity contribution is 6.33. The number of rotatable bonds is 5. The molecule has 0 bridgehead atoms. The molecule has 0 aliphatic rings. The van der Waals surface area contributed by atoms with Gasteiger partial charge in [-0.25, -0.2) is 4.79 Å². The van der Waals surface area contributed by atoms with Gasteiger partial charge in [0.1, 0.15) is 0 Å². The van der Waals surface area contributed by atoms with Gasteiger partial charge in [0.15, 0.2) is 5.54 Å². The van der Waals surface area contributed by atoms with E-state index in [1.807, 2.05) is 6.07 Å². The smallest absolute Gasteiger partial charge is 0.336 e. The summed E-state index contributed by atoms with van der Waals surface area (Å²) in [5.41, 5.74) is -0.383. The van der Waals surface area contributed by atoms with Crippen molar-refractivity contribution in [1.82, 2.24) is 10.3 Å². The zero-order valence-electron chi connectivity index (χ0n) is 12.9. The fraction of sp³-hybridized carbons (Fsp3) is 0.235. The summed E-state index contributed by atoms with van der Waals surface area (Å²) in [6, 6.07) is 10.5. The van der Waals surface area contributed by atoms with E-state index in [1.54, 1.807) is 31.2 Å². The first-order valence-electron chi connectivity index (χ1n) is 7.11. The van der Waals surface area contributed by atoms with E-state index in [-0.39, 0.29) is 10.6 Å². The summed E-state index contributed by atoms with van der Waals surface area (Å²) in [5.74, 6) is -1.00. The largest absolute Gasteiger partial charge is 0.467 e. The van der Waals surface area contributed by atoms with Crippen molar-refractivity contribution in [1.29, 1.82) is 0 Å². The molecule has 1 N–H and O–H groups in total. The van der Waals surface area contributed by atoms with Crippen LogP contribution in [0.15, 0.2) is 48.8 Å². The standard InChI is InChI=1S/C17H17ClN2O3/c1-3-17(16(22)23-2,12-7-5-4-6-8-12)20-15(21)13-9-10-19-11-14(13)18/h4-11H,3H2,1-2H3,(H,20,21)/t17-/m1/s1. The van der Waals surface area contributed by atoms with E-state index in [2.05, 4.69) is 10.3 Å². The molecule has 2 rings (SSSR count). The lowest BCUT2D eigenvalue weighted by Gasteiger charge is -2.31. The number of pyridine rings is 1. The Morgan fingerprint density at radius 3 is 2.52 bits per heavy atom. The third kappa shape index (κ3) is 3.35. The number of esters is 1. The third-order valence-electron chi connectivity index (χ3n) is 3.67. The monoisotopic (exact) mass is 332 g/mol. The topological polar surface area (TPSA) is 68.3 Å². The van der Waals surface area contributed by atoms with Crippen LogP contribution >= 0.6 is 11.6 Å². The van der Waals surface area contributed by atoms with Gasteiger partial charge in [0, 0.05) is 12.4 Å². The van der Waals surface area contributed by atoms with E-state index in [0.29, 0.717) is 12.0 Å². The fourth-order valence-electron chi connectivity index (χ4n) is 2.40. The predicted octanol–water partition coefficient (Wildman–Crippen LogP) is 2.94. The minimum absolute atomic E-state index is 0.216. The Morgan fingerprint density at radius 1 is 1.26 bits per heavy atom. The van der Waals surface area contributed by atoms with Gasteiger partial charge in [-0.1, -0.05) is 48.9 Å². The lowest BCUT2D eigenvalue weighted by molar-refractivity contribution is -0.149. The lowest BCUT2D eigenvalue weighted by atomic mass is 9.86. The summed E-state index contributed by atoms with van der Waals surface area (Å²) in [5, 5.41) is 2.99. The molecule has 1 heterocycles. The zero-order chi connectivity index (χ0) is 16.9. The maximum absolute atomic E-state index is 12.6. The van der Waals surface area contributed by atoms with Crippen molar-refractivity contribution in [3.8, 4) is 0 Å². The van der Waals surface area contributed by atoms with Gasteiger partial charge in [0.05, 0.1) is 17.7 Å². The van der Waals surface area contributed by atoms with Crippen molar-refractivity contribution < 1.29 is 14.3 Å². The quantitative estimate of drug-likeness (QED) is 0.855. The van der Waals surface area contributed by atoms with Crippen molar-refractivity contribution in [2.75, 3.05) is 7.11 Å². The molecule has 6 heteroatoms. The number of aromatic nitrogens is 1. The van der Waals surface area contributed by atoms with Crippen molar-refractivity contribution in [2.24, 2.45) is 0 Å². The van der Waals surface area contributed by atoms with Gasteiger partial charge in [-0.05, 0) is 18.1 Å². The maximum Gasteiger partial charge on any atom is 0.336 e. The van der Waals surface area contributed by atoms with Crippen LogP contribution in [0.25, 0.3) is 0 Å². The minimum Gasteiger partial charge on any atom is -0.467 e. The normalized spacial score (nSPS) is 13.0. The van der Waals surface area contributed by atoms with Crippen LogP contribution in [0.4, 0.5) is 0 Å². The summed E-state index contributed by atoms with van der Waals surface area (Å²) in [6.45, 7) is 1.80. The van der Waals surface area contributed by atoms with E-state index in [0.717, 1.165) is 0 Å². The number of nitrogens with one attached hydrogen (secondary N) is 1. The lowest BCUT2D eigenvalue weighted by Crippen LogP contribution is -2.52. The average molecular weight is 333 g/mol. The van der Waals surface area contributed by atoms with E-state index >= 15 is 0 Å². The van der Waals surface area contributed by atoms with Crippen LogP contribution in [0.1, 0.15) is 29.3 Å². The van der Waals surface area contributed by atoms with E-state index in [4.69, 9.17) is 16.3 Å². The molecule has 0 fully saturated rings. The van der Waals surface area contributed by atoms with Crippen LogP contribution in [-0.4, -0.2) is 24.0 Å². The number of halogens is 1. The van der Waals surface area contributed by atoms with E-state index in [1.165, 1.54) is 25.6 Å². The second-order valence-electron chi connectivity index (χ2n) is 4.93. The Kier molecular flexibility index (Phi) is 5.34. The second-order valence-corrected chi connectivity index (χ2v) is 5.33. The van der Waals surface area contributed by atoms with Crippen molar-refractivity contribution in [3.05, 3.63) is 64.9 Å². The molecule has 0 aliphatic heterocycles. The Labute approximate surface area is 139 Å². The van der Waals surface area contributed by atoms with Crippen LogP contribution in [0.5, 0.6) is 0 Å². The number of benzene rings is 1. The van der Waals surface area contributed by atoms with Crippen LogP contribution in [0, 0.1) is 0 Å². The molecule has 2 aromatic rings. The summed E-state index contributed by atoms with van der Waals surface area (Å²) < 4.78 is 4.93. The number of ether oxygens (including phenoxy) is 1. The Hall–Kier alpha value is -2.40. The molecule has 0 saturated heterocycles. The number of methoxy groups -OCH3 is 1. The van der Waals surface area contributed by atoms with Crippen LogP contribution in [0.2, 0.25) is 5.02 Å². The Bertz CT molecular complexity index is 706. The molecular formula is C17H17ClN2O3. The summed E-state index contributed by atoms with van der Waals surface area (Å²) in [4.78, 5) is 28.9. The fourth-order valence-corrected chi connectivity index (χ4v) is 2.60. The molecule has 0 unspecified atom stereocenters. The molecule has 0 spiro atoms. The number of hydrogen-bond acceptors (Lipinski definition) is 4. The van der Waals surface area contributed by atoms with Crippen LogP contribution < -0.4 is 5.32 Å². The van der Waals surface area contributed by atoms with Crippen molar-refractivity contribution >= 4 is 23.5 Å². The van der Waals surface area contributed by atoms with Gasteiger partial charge >= 0.3 is 5.97 Å². The minimum atomic E-state index is -1.28. The molecular weight excluding hydrogens is 316 g/mol. The first kappa shape index (κ1) is 17.0. The highest BCUT2D eigenvalue weighted by atomic mass is 35.5. The number of carbonyl (C=O) groups is 2. The molecule has 5 nitrogen and oxygen atoms in total. The zero-order valence-corrected chi connectivity index (χ0v) is 13.6. The number of amides is 1. The Balaban J connectivity index is 2.45. The third-order valence-corrected chi connectivity index (χ3v) is 3.98. The first-order chi connectivity index (χ1) is 11.0. The highest BCUT2D eigenvalue weighted by Crippen LogP contribution is 2.28. The molecule has 1 aromatic heterocycles. The average Bonchev–Trinajstić information content (AvgIpc) is 2.60. The van der Waals surface area contributed by atoms with Crippen LogP contribution in [-0.2, 0) is 15.1 Å². The molecule has 1 amide bonds. The molecule has 23 heavy (non-hydrogen) atoms. The number of hydrogen-bond donors (Lipinski definition) is 1. The molecule has 0 aliphatic carbocycles. The van der Waals surface area contributed by atoms with E-state index < -0.39 is 17.4 Å². The number of nitrogens with zero attached hydrogens (tertiary/aromatic N) is 1. The molecule has 1 atom stereocenters. The molecule has 1 aromatic carbocycles. The summed E-state index contributed by atoms with van der Waals surface area (Å²) in [7, 11) is 1.29. The van der Waals surface area contributed by atoms with Gasteiger partial charge in [-0.3, -0.25) is 9.78 Å². The van der Waals surface area contributed by atoms with Gasteiger partial charge in [0.25, 0.3) is 5.91 Å². The molecule has 0 saturated carbocycles. The predicted molar refractivity (Wildman–Crippen MR) is 87.1 cm³/mol. The molecule has 0 radical (unpaired) electrons. The van der Waals surface area contributed by atoms with Crippen molar-refractivity contribution in [3.63, 3.8) is 0 Å². The summed E-state index contributed by atoms with van der Waals surface area (Å²) >= 11 is 6.01. The molecule has 120 valence electrons. The first-order valence-corrected chi connectivity index (χ1v) is 7.49. The SMILES string of the molecule is CC[C@](NC(=O)c1ccncc1Cl)(C(=O)OC)c1ccccc1. The van der Waals surface area contributed by atoms with Gasteiger partial charge in [0.2, 0.25) is 0 Å². The van der Waals surface area contributed by atoms with Gasteiger partial charge in [-0.2, -0.15) is 0 Å². The maximum atomic E-state index is 12.6. The van der Waals surface area contributed by atoms with Gasteiger partial charge < -0.3 is 10.1 Å². The highest BCUT2D eigenvalue weighted by Gasteiger charge is 2.41. The summed E-state index contributed by atoms with van der Waals surface area (Å²) in [6.07, 6.45) is 3.18. The Morgan fingerprint density at radius 2 is 1.96 bits per heavy atom. The van der Waals surface area contributed by atoms with Gasteiger partial charge in [-0.15, -0.1) is 0 Å². The number of carbonyl (C=O) groups excluding carboxylic acids is 2. The van der Waals surface area contributed by atoms with Crippen LogP contribution in [0.3, 0.4) is 0 Å². The second kappa shape index (κ2) is 7.24. The van der Waals surface area contributed by atoms with Crippen molar-refractivity contribution in [2.45, 2.75) is 18.9 Å².